The highest BCUT2D eigenvalue weighted by Crippen LogP contribution is 2.31. The van der Waals surface area contributed by atoms with Gasteiger partial charge in [0.2, 0.25) is 5.91 Å². The average Bonchev–Trinajstić information content (AvgIpc) is 3.03. The summed E-state index contributed by atoms with van der Waals surface area (Å²) in [6.45, 7) is 3.78. The zero-order chi connectivity index (χ0) is 21.1. The minimum absolute atomic E-state index is 0.0192. The van der Waals surface area contributed by atoms with Crippen LogP contribution in [0.5, 0.6) is 0 Å². The van der Waals surface area contributed by atoms with Crippen molar-refractivity contribution >= 4 is 17.8 Å². The van der Waals surface area contributed by atoms with Crippen LogP contribution in [0.25, 0.3) is 0 Å². The van der Waals surface area contributed by atoms with E-state index in [9.17, 15) is 9.59 Å². The number of aryl methyl sites for hydroxylation is 1. The van der Waals surface area contributed by atoms with E-state index in [2.05, 4.69) is 10.4 Å². The summed E-state index contributed by atoms with van der Waals surface area (Å²) in [7, 11) is 1.82. The lowest BCUT2D eigenvalue weighted by Crippen LogP contribution is -2.53. The molecule has 3 atom stereocenters. The second-order valence-electron chi connectivity index (χ2n) is 7.77. The van der Waals surface area contributed by atoms with Crippen LogP contribution in [0.3, 0.4) is 0 Å². The van der Waals surface area contributed by atoms with Crippen LogP contribution < -0.4 is 11.1 Å². The van der Waals surface area contributed by atoms with Crippen molar-refractivity contribution in [3.63, 3.8) is 0 Å². The number of nitrogens with one attached hydrogen (secondary N) is 1. The zero-order valence-electron chi connectivity index (χ0n) is 16.9. The van der Waals surface area contributed by atoms with Gasteiger partial charge in [-0.1, -0.05) is 0 Å². The van der Waals surface area contributed by atoms with Crippen molar-refractivity contribution in [2.45, 2.75) is 51.3 Å². The number of carboxylic acid groups (broad SMARTS) is 1. The Kier molecular flexibility index (Phi) is 6.53. The lowest BCUT2D eigenvalue weighted by molar-refractivity contribution is -0.140. The van der Waals surface area contributed by atoms with Gasteiger partial charge in [-0.15, -0.1) is 0 Å². The van der Waals surface area contributed by atoms with Crippen molar-refractivity contribution in [2.75, 3.05) is 19.7 Å². The molecule has 29 heavy (non-hydrogen) atoms. The molecule has 4 N–H and O–H groups in total. The Bertz CT molecular complexity index is 788. The van der Waals surface area contributed by atoms with Crippen LogP contribution in [-0.4, -0.2) is 69.4 Å². The Morgan fingerprint density at radius 3 is 2.72 bits per heavy atom. The molecular formula is C19H29N5O5. The predicted molar refractivity (Wildman–Crippen MR) is 103 cm³/mol. The number of amides is 2. The first-order valence-electron chi connectivity index (χ1n) is 9.95. The second kappa shape index (κ2) is 8.91. The molecule has 0 radical (unpaired) electrons. The monoisotopic (exact) mass is 407 g/mol. The first kappa shape index (κ1) is 21.3. The van der Waals surface area contributed by atoms with E-state index in [0.29, 0.717) is 25.2 Å². The number of fused-ring (bicyclic) bond motifs is 2. The number of morpholine rings is 1. The Labute approximate surface area is 169 Å². The molecule has 1 aromatic rings. The molecule has 0 aromatic carbocycles. The standard InChI is InChI=1S/C17H25N5O3.C2H4O2/c1-21-13-4-6-22(9-11(13)15(20-21)16(18)23)17(24)10-2-3-14-12(8-10)19-5-7-25-14;1-2(3)4/h10,12,14,19H,2-9H2,1H3,(H2,18,23);1H3,(H,3,4)/t10-,12+,14+;/m0./s1. The third-order valence-corrected chi connectivity index (χ3v) is 5.76. The maximum absolute atomic E-state index is 13.0. The van der Waals surface area contributed by atoms with Crippen molar-refractivity contribution in [3.05, 3.63) is 17.0 Å². The van der Waals surface area contributed by atoms with Gasteiger partial charge in [-0.25, -0.2) is 0 Å². The van der Waals surface area contributed by atoms with E-state index < -0.39 is 11.9 Å². The molecule has 2 amide bonds. The molecule has 1 aromatic heterocycles. The zero-order valence-corrected chi connectivity index (χ0v) is 16.9. The van der Waals surface area contributed by atoms with E-state index >= 15 is 0 Å². The molecule has 10 nitrogen and oxygen atoms in total. The molecular weight excluding hydrogens is 378 g/mol. The summed E-state index contributed by atoms with van der Waals surface area (Å²) in [6.07, 6.45) is 3.55. The Morgan fingerprint density at radius 1 is 1.31 bits per heavy atom. The van der Waals surface area contributed by atoms with E-state index in [1.807, 2.05) is 11.9 Å². The van der Waals surface area contributed by atoms with Gasteiger partial charge in [0.25, 0.3) is 11.9 Å². The normalized spacial score (nSPS) is 25.9. The molecule has 10 heteroatoms. The number of aromatic nitrogens is 2. The highest BCUT2D eigenvalue weighted by Gasteiger charge is 2.38. The fraction of sp³-hybridized carbons (Fsp3) is 0.684. The van der Waals surface area contributed by atoms with E-state index in [0.717, 1.165) is 50.6 Å². The van der Waals surface area contributed by atoms with E-state index in [4.69, 9.17) is 20.4 Å². The molecule has 1 saturated carbocycles. The SMILES string of the molecule is CC(=O)O.Cn1nc(C(N)=O)c2c1CCN(C(=O)[C@H]1CC[C@H]3OCCN[C@@H]3C1)C2. The summed E-state index contributed by atoms with van der Waals surface area (Å²) < 4.78 is 7.51. The minimum atomic E-state index is -0.833. The van der Waals surface area contributed by atoms with Gasteiger partial charge in [0.05, 0.1) is 12.7 Å². The van der Waals surface area contributed by atoms with Gasteiger partial charge < -0.3 is 25.8 Å². The molecule has 0 spiro atoms. The molecule has 4 rings (SSSR count). The summed E-state index contributed by atoms with van der Waals surface area (Å²) in [5, 5.41) is 15.1. The number of carbonyl (C=O) groups is 3. The van der Waals surface area contributed by atoms with Crippen LogP contribution in [0.4, 0.5) is 0 Å². The number of nitrogens with two attached hydrogens (primary N) is 1. The first-order valence-corrected chi connectivity index (χ1v) is 9.95. The maximum atomic E-state index is 13.0. The highest BCUT2D eigenvalue weighted by molar-refractivity contribution is 5.93. The molecule has 2 aliphatic heterocycles. The van der Waals surface area contributed by atoms with Crippen LogP contribution >= 0.6 is 0 Å². The molecule has 0 bridgehead atoms. The fourth-order valence-corrected chi connectivity index (χ4v) is 4.47. The van der Waals surface area contributed by atoms with E-state index in [1.165, 1.54) is 0 Å². The molecule has 3 aliphatic rings. The molecule has 1 saturated heterocycles. The van der Waals surface area contributed by atoms with Crippen molar-refractivity contribution in [3.8, 4) is 0 Å². The van der Waals surface area contributed by atoms with Crippen LogP contribution in [0.2, 0.25) is 0 Å². The van der Waals surface area contributed by atoms with Crippen LogP contribution in [-0.2, 0) is 34.3 Å². The largest absolute Gasteiger partial charge is 0.481 e. The molecule has 3 heterocycles. The Hall–Kier alpha value is -2.46. The summed E-state index contributed by atoms with van der Waals surface area (Å²) in [5.41, 5.74) is 7.55. The van der Waals surface area contributed by atoms with Crippen molar-refractivity contribution in [1.29, 1.82) is 0 Å². The number of carboxylic acids is 1. The van der Waals surface area contributed by atoms with Crippen LogP contribution in [0, 0.1) is 5.92 Å². The maximum Gasteiger partial charge on any atom is 0.300 e. The van der Waals surface area contributed by atoms with Crippen LogP contribution in [0.1, 0.15) is 47.9 Å². The van der Waals surface area contributed by atoms with Gasteiger partial charge in [-0.3, -0.25) is 19.1 Å². The Balaban J connectivity index is 0.000000552. The highest BCUT2D eigenvalue weighted by atomic mass is 16.5. The third-order valence-electron chi connectivity index (χ3n) is 5.76. The topological polar surface area (TPSA) is 140 Å². The lowest BCUT2D eigenvalue weighted by Gasteiger charge is -2.41. The van der Waals surface area contributed by atoms with Crippen LogP contribution in [0.15, 0.2) is 0 Å². The molecule has 2 fully saturated rings. The summed E-state index contributed by atoms with van der Waals surface area (Å²) >= 11 is 0. The summed E-state index contributed by atoms with van der Waals surface area (Å²) in [5.74, 6) is -1.17. The van der Waals surface area contributed by atoms with Gasteiger partial charge >= 0.3 is 0 Å². The molecule has 1 aliphatic carbocycles. The van der Waals surface area contributed by atoms with E-state index in [1.54, 1.807) is 4.68 Å². The van der Waals surface area contributed by atoms with E-state index in [-0.39, 0.29) is 24.0 Å². The Morgan fingerprint density at radius 2 is 2.03 bits per heavy atom. The van der Waals surface area contributed by atoms with Gasteiger partial charge in [-0.05, 0) is 19.3 Å². The quantitative estimate of drug-likeness (QED) is 0.609. The number of nitrogens with zero attached hydrogens (tertiary/aromatic N) is 3. The van der Waals surface area contributed by atoms with Crippen molar-refractivity contribution in [2.24, 2.45) is 18.7 Å². The minimum Gasteiger partial charge on any atom is -0.481 e. The molecule has 160 valence electrons. The average molecular weight is 407 g/mol. The van der Waals surface area contributed by atoms with Gasteiger partial charge in [0.15, 0.2) is 5.69 Å². The number of hydrogen-bond donors (Lipinski definition) is 3. The number of rotatable bonds is 2. The first-order chi connectivity index (χ1) is 13.8. The smallest absolute Gasteiger partial charge is 0.300 e. The summed E-state index contributed by atoms with van der Waals surface area (Å²) in [6, 6.07) is 0.274. The van der Waals surface area contributed by atoms with Crippen molar-refractivity contribution < 1.29 is 24.2 Å². The fourth-order valence-electron chi connectivity index (χ4n) is 4.47. The van der Waals surface area contributed by atoms with Gasteiger partial charge in [0, 0.05) is 63.2 Å². The lowest BCUT2D eigenvalue weighted by atomic mass is 9.82. The number of aliphatic carboxylic acids is 1. The number of hydrogen-bond acceptors (Lipinski definition) is 6. The van der Waals surface area contributed by atoms with Crippen molar-refractivity contribution in [1.82, 2.24) is 20.0 Å². The van der Waals surface area contributed by atoms with Gasteiger partial charge in [0.1, 0.15) is 0 Å². The second-order valence-corrected chi connectivity index (χ2v) is 7.77. The number of primary amides is 1. The number of ether oxygens (including phenoxy) is 1. The molecule has 0 unspecified atom stereocenters. The summed E-state index contributed by atoms with van der Waals surface area (Å²) in [4.78, 5) is 35.5. The number of carbonyl (C=O) groups excluding carboxylic acids is 2. The predicted octanol–water partition coefficient (Wildman–Crippen LogP) is -0.348. The third kappa shape index (κ3) is 4.76. The van der Waals surface area contributed by atoms with Gasteiger partial charge in [-0.2, -0.15) is 5.10 Å².